The van der Waals surface area contributed by atoms with Crippen LogP contribution in [0.5, 0.6) is 0 Å². The Morgan fingerprint density at radius 2 is 1.89 bits per heavy atom. The lowest BCUT2D eigenvalue weighted by atomic mass is 10.1. The molecule has 0 amide bonds. The van der Waals surface area contributed by atoms with E-state index in [1.807, 2.05) is 6.92 Å². The average Bonchev–Trinajstić information content (AvgIpc) is 2.32. The fraction of sp³-hybridized carbons (Fsp3) is 0.538. The molecule has 1 rings (SSSR count). The minimum atomic E-state index is -0.565. The molecule has 0 fully saturated rings. The lowest BCUT2D eigenvalue weighted by molar-refractivity contribution is 0.0904. The third-order valence-corrected chi connectivity index (χ3v) is 2.54. The van der Waals surface area contributed by atoms with E-state index in [1.165, 1.54) is 12.1 Å². The molecule has 0 aliphatic rings. The van der Waals surface area contributed by atoms with Crippen molar-refractivity contribution in [2.45, 2.75) is 19.4 Å². The van der Waals surface area contributed by atoms with Crippen molar-refractivity contribution in [3.8, 4) is 0 Å². The number of hydrogen-bond acceptors (Lipinski definition) is 3. The molecule has 0 saturated heterocycles. The Hall–Kier alpha value is -1.04. The maximum Gasteiger partial charge on any atom is 0.126 e. The maximum absolute atomic E-state index is 13.0. The quantitative estimate of drug-likeness (QED) is 0.702. The third-order valence-electron chi connectivity index (χ3n) is 2.54. The number of aliphatic hydroxyl groups excluding tert-OH is 1. The normalized spacial score (nSPS) is 12.7. The van der Waals surface area contributed by atoms with Crippen LogP contribution in [-0.2, 0) is 4.74 Å². The summed E-state index contributed by atoms with van der Waals surface area (Å²) < 4.78 is 31.1. The zero-order valence-electron chi connectivity index (χ0n) is 10.5. The van der Waals surface area contributed by atoms with Gasteiger partial charge >= 0.3 is 0 Å². The summed E-state index contributed by atoms with van der Waals surface area (Å²) in [6.45, 7) is 3.45. The number of halogens is 2. The Balaban J connectivity index is 2.29. The van der Waals surface area contributed by atoms with Crippen molar-refractivity contribution in [1.82, 2.24) is 5.32 Å². The SMILES string of the molecule is CC(NCCCOCCO)c1cc(F)cc(F)c1. The summed E-state index contributed by atoms with van der Waals surface area (Å²) in [6.07, 6.45) is 0.780. The molecule has 0 aliphatic carbocycles. The molecule has 102 valence electrons. The second kappa shape index (κ2) is 8.13. The standard InChI is InChI=1S/C13H19F2NO2/c1-10(16-3-2-5-18-6-4-17)11-7-12(14)9-13(15)8-11/h7-10,16-17H,2-6H2,1H3. The highest BCUT2D eigenvalue weighted by atomic mass is 19.1. The molecule has 1 unspecified atom stereocenters. The molecule has 0 radical (unpaired) electrons. The summed E-state index contributed by atoms with van der Waals surface area (Å²) in [6, 6.07) is 3.39. The molecule has 0 saturated carbocycles. The second-order valence-electron chi connectivity index (χ2n) is 4.07. The molecule has 1 aromatic rings. The fourth-order valence-corrected chi connectivity index (χ4v) is 1.60. The predicted molar refractivity (Wildman–Crippen MR) is 65.3 cm³/mol. The van der Waals surface area contributed by atoms with Gasteiger partial charge in [-0.3, -0.25) is 0 Å². The molecular formula is C13H19F2NO2. The molecule has 0 heterocycles. The van der Waals surface area contributed by atoms with Gasteiger partial charge in [0.05, 0.1) is 13.2 Å². The highest BCUT2D eigenvalue weighted by Gasteiger charge is 2.07. The van der Waals surface area contributed by atoms with E-state index in [9.17, 15) is 8.78 Å². The Labute approximate surface area is 106 Å². The third kappa shape index (κ3) is 5.53. The van der Waals surface area contributed by atoms with E-state index >= 15 is 0 Å². The predicted octanol–water partition coefficient (Wildman–Crippen LogP) is 2.01. The first-order chi connectivity index (χ1) is 8.63. The van der Waals surface area contributed by atoms with E-state index < -0.39 is 11.6 Å². The van der Waals surface area contributed by atoms with Gasteiger partial charge in [-0.2, -0.15) is 0 Å². The summed E-state index contributed by atoms with van der Waals surface area (Å²) >= 11 is 0. The molecule has 0 bridgehead atoms. The highest BCUT2D eigenvalue weighted by molar-refractivity contribution is 5.20. The molecule has 0 aliphatic heterocycles. The van der Waals surface area contributed by atoms with Crippen molar-refractivity contribution in [2.24, 2.45) is 0 Å². The van der Waals surface area contributed by atoms with Crippen molar-refractivity contribution >= 4 is 0 Å². The molecule has 2 N–H and O–H groups in total. The molecular weight excluding hydrogens is 240 g/mol. The van der Waals surface area contributed by atoms with Crippen molar-refractivity contribution in [3.05, 3.63) is 35.4 Å². The largest absolute Gasteiger partial charge is 0.394 e. The van der Waals surface area contributed by atoms with Crippen molar-refractivity contribution < 1.29 is 18.6 Å². The molecule has 1 aromatic carbocycles. The monoisotopic (exact) mass is 259 g/mol. The van der Waals surface area contributed by atoms with Gasteiger partial charge in [0.25, 0.3) is 0 Å². The smallest absolute Gasteiger partial charge is 0.126 e. The van der Waals surface area contributed by atoms with Crippen LogP contribution in [0.3, 0.4) is 0 Å². The topological polar surface area (TPSA) is 41.5 Å². The van der Waals surface area contributed by atoms with Crippen LogP contribution in [0.1, 0.15) is 24.9 Å². The number of rotatable bonds is 8. The average molecular weight is 259 g/mol. The van der Waals surface area contributed by atoms with Crippen LogP contribution >= 0.6 is 0 Å². The Morgan fingerprint density at radius 1 is 1.22 bits per heavy atom. The molecule has 0 aromatic heterocycles. The van der Waals surface area contributed by atoms with Gasteiger partial charge in [-0.05, 0) is 37.6 Å². The number of aliphatic hydroxyl groups is 1. The van der Waals surface area contributed by atoms with Gasteiger partial charge in [-0.1, -0.05) is 0 Å². The van der Waals surface area contributed by atoms with E-state index in [0.717, 1.165) is 12.5 Å². The van der Waals surface area contributed by atoms with Crippen LogP contribution in [-0.4, -0.2) is 31.5 Å². The Bertz CT molecular complexity index is 341. The lowest BCUT2D eigenvalue weighted by Crippen LogP contribution is -2.21. The van der Waals surface area contributed by atoms with Crippen LogP contribution in [0.15, 0.2) is 18.2 Å². The second-order valence-corrected chi connectivity index (χ2v) is 4.07. The van der Waals surface area contributed by atoms with Gasteiger partial charge < -0.3 is 15.2 Å². The molecule has 1 atom stereocenters. The summed E-state index contributed by atoms with van der Waals surface area (Å²) in [4.78, 5) is 0. The number of hydrogen-bond donors (Lipinski definition) is 2. The lowest BCUT2D eigenvalue weighted by Gasteiger charge is -2.14. The summed E-state index contributed by atoms with van der Waals surface area (Å²) in [5.41, 5.74) is 0.587. The van der Waals surface area contributed by atoms with E-state index in [2.05, 4.69) is 5.32 Å². The summed E-state index contributed by atoms with van der Waals surface area (Å²) in [7, 11) is 0. The summed E-state index contributed by atoms with van der Waals surface area (Å²) in [5.74, 6) is -1.13. The first kappa shape index (κ1) is 15.0. The Kier molecular flexibility index (Phi) is 6.78. The van der Waals surface area contributed by atoms with Crippen LogP contribution in [0.25, 0.3) is 0 Å². The van der Waals surface area contributed by atoms with Crippen LogP contribution in [0.4, 0.5) is 8.78 Å². The summed E-state index contributed by atoms with van der Waals surface area (Å²) in [5, 5.41) is 11.7. The van der Waals surface area contributed by atoms with Crippen molar-refractivity contribution in [1.29, 1.82) is 0 Å². The molecule has 0 spiro atoms. The van der Waals surface area contributed by atoms with E-state index in [-0.39, 0.29) is 12.6 Å². The number of nitrogens with one attached hydrogen (secondary N) is 1. The van der Waals surface area contributed by atoms with Crippen LogP contribution in [0.2, 0.25) is 0 Å². The van der Waals surface area contributed by atoms with Gasteiger partial charge in [0.1, 0.15) is 11.6 Å². The Morgan fingerprint density at radius 3 is 2.50 bits per heavy atom. The van der Waals surface area contributed by atoms with Gasteiger partial charge in [-0.25, -0.2) is 8.78 Å². The van der Waals surface area contributed by atoms with E-state index in [4.69, 9.17) is 9.84 Å². The van der Waals surface area contributed by atoms with Crippen molar-refractivity contribution in [3.63, 3.8) is 0 Å². The van der Waals surface area contributed by atoms with Crippen LogP contribution < -0.4 is 5.32 Å². The molecule has 18 heavy (non-hydrogen) atoms. The van der Waals surface area contributed by atoms with Crippen molar-refractivity contribution in [2.75, 3.05) is 26.4 Å². The molecule has 3 nitrogen and oxygen atoms in total. The van der Waals surface area contributed by atoms with Gasteiger partial charge in [0.2, 0.25) is 0 Å². The van der Waals surface area contributed by atoms with Gasteiger partial charge in [-0.15, -0.1) is 0 Å². The number of ether oxygens (including phenoxy) is 1. The first-order valence-electron chi connectivity index (χ1n) is 6.01. The number of benzene rings is 1. The van der Waals surface area contributed by atoms with Gasteiger partial charge in [0, 0.05) is 18.7 Å². The first-order valence-corrected chi connectivity index (χ1v) is 6.01. The highest BCUT2D eigenvalue weighted by Crippen LogP contribution is 2.15. The molecule has 5 heteroatoms. The van der Waals surface area contributed by atoms with Gasteiger partial charge in [0.15, 0.2) is 0 Å². The van der Waals surface area contributed by atoms with E-state index in [1.54, 1.807) is 0 Å². The van der Waals surface area contributed by atoms with E-state index in [0.29, 0.717) is 25.3 Å². The fourth-order valence-electron chi connectivity index (χ4n) is 1.60. The maximum atomic E-state index is 13.0. The minimum absolute atomic E-state index is 0.0202. The van der Waals surface area contributed by atoms with Crippen LogP contribution in [0, 0.1) is 11.6 Å². The minimum Gasteiger partial charge on any atom is -0.394 e. The zero-order chi connectivity index (χ0) is 13.4. The zero-order valence-corrected chi connectivity index (χ0v) is 10.5.